The van der Waals surface area contributed by atoms with Gasteiger partial charge >= 0.3 is 18.2 Å². The van der Waals surface area contributed by atoms with Gasteiger partial charge in [-0.1, -0.05) is 6.07 Å². The summed E-state index contributed by atoms with van der Waals surface area (Å²) in [7, 11) is 6.47. The van der Waals surface area contributed by atoms with E-state index in [0.717, 1.165) is 5.56 Å². The predicted molar refractivity (Wildman–Crippen MR) is 150 cm³/mol. The molecule has 2 heterocycles. The van der Waals surface area contributed by atoms with Gasteiger partial charge in [0.15, 0.2) is 0 Å². The topological polar surface area (TPSA) is 103 Å². The van der Waals surface area contributed by atoms with Crippen LogP contribution < -0.4 is 10.9 Å². The predicted octanol–water partition coefficient (Wildman–Crippen LogP) is 4.60. The number of alkyl halides is 3. The van der Waals surface area contributed by atoms with E-state index in [-0.39, 0.29) is 29.4 Å². The minimum absolute atomic E-state index is 0.0507. The van der Waals surface area contributed by atoms with Gasteiger partial charge in [0.25, 0.3) is 5.56 Å². The summed E-state index contributed by atoms with van der Waals surface area (Å²) in [6.45, 7) is 7.32. The van der Waals surface area contributed by atoms with E-state index < -0.39 is 35.0 Å². The Kier molecular flexibility index (Phi) is 11.1. The molecule has 3 aromatic rings. The molecule has 1 amide bonds. The van der Waals surface area contributed by atoms with E-state index in [4.69, 9.17) is 4.74 Å². The maximum absolute atomic E-state index is 14.1. The van der Waals surface area contributed by atoms with Crippen molar-refractivity contribution < 1.29 is 32.2 Å². The molecule has 3 rings (SSSR count). The molecular formula is C29H37F3N4O5. The molecule has 0 saturated heterocycles. The van der Waals surface area contributed by atoms with Crippen molar-refractivity contribution in [3.05, 3.63) is 74.8 Å². The lowest BCUT2D eigenvalue weighted by Gasteiger charge is -2.19. The third-order valence-corrected chi connectivity index (χ3v) is 5.68. The summed E-state index contributed by atoms with van der Waals surface area (Å²) >= 11 is 0. The molecule has 224 valence electrons. The largest absolute Gasteiger partial charge is 0.468 e. The Balaban J connectivity index is 0.000000383. The number of rotatable bonds is 6. The van der Waals surface area contributed by atoms with Crippen LogP contribution in [0.4, 0.5) is 18.0 Å². The first-order valence-corrected chi connectivity index (χ1v) is 12.7. The highest BCUT2D eigenvalue weighted by Crippen LogP contribution is 2.37. The number of pyridine rings is 2. The van der Waals surface area contributed by atoms with Crippen molar-refractivity contribution in [2.45, 2.75) is 52.4 Å². The fourth-order valence-corrected chi connectivity index (χ4v) is 4.06. The number of carbonyl (C=O) groups is 2. The molecule has 12 heteroatoms. The average molecular weight is 579 g/mol. The lowest BCUT2D eigenvalue weighted by molar-refractivity contribution is -0.139. The highest BCUT2D eigenvalue weighted by atomic mass is 19.4. The standard InChI is InChI=1S/C21H22F3N3O.C8H15NO4/c1-13-9-14(7-8-25-13)10-17-19(21(22,23)24)16-11-15(12-26(2)3)5-6-18(16)27(4)20(17)28;1-8(2,3)13-7(11)9-5-6(10)12-4/h5-9,11H,10,12H2,1-4H3;5H2,1-4H3,(H,9,11). The molecule has 0 aliphatic rings. The Morgan fingerprint density at radius 3 is 2.27 bits per heavy atom. The highest BCUT2D eigenvalue weighted by molar-refractivity contribution is 5.85. The molecule has 1 aromatic carbocycles. The molecule has 0 atom stereocenters. The molecule has 2 aromatic heterocycles. The van der Waals surface area contributed by atoms with Crippen LogP contribution in [0, 0.1) is 6.92 Å². The molecule has 0 spiro atoms. The first-order chi connectivity index (χ1) is 18.9. The summed E-state index contributed by atoms with van der Waals surface area (Å²) in [6.07, 6.45) is -3.82. The normalized spacial score (nSPS) is 11.6. The minimum Gasteiger partial charge on any atom is -0.468 e. The van der Waals surface area contributed by atoms with Crippen LogP contribution in [0.3, 0.4) is 0 Å². The molecule has 9 nitrogen and oxygen atoms in total. The van der Waals surface area contributed by atoms with E-state index in [0.29, 0.717) is 17.8 Å². The summed E-state index contributed by atoms with van der Waals surface area (Å²) < 4.78 is 52.8. The van der Waals surface area contributed by atoms with Crippen LogP contribution in [0.25, 0.3) is 10.9 Å². The Labute approximate surface area is 237 Å². The zero-order valence-corrected chi connectivity index (χ0v) is 24.6. The Morgan fingerprint density at radius 2 is 1.73 bits per heavy atom. The number of esters is 1. The number of hydrogen-bond donors (Lipinski definition) is 1. The molecule has 0 aliphatic carbocycles. The van der Waals surface area contributed by atoms with Gasteiger partial charge in [-0.15, -0.1) is 0 Å². The second kappa shape index (κ2) is 13.6. The van der Waals surface area contributed by atoms with E-state index >= 15 is 0 Å². The fraction of sp³-hybridized carbons (Fsp3) is 0.448. The zero-order valence-electron chi connectivity index (χ0n) is 24.6. The van der Waals surface area contributed by atoms with Crippen molar-refractivity contribution in [3.63, 3.8) is 0 Å². The van der Waals surface area contributed by atoms with Crippen LogP contribution in [-0.4, -0.2) is 59.9 Å². The van der Waals surface area contributed by atoms with E-state index in [9.17, 15) is 27.6 Å². The molecule has 0 bridgehead atoms. The SMILES string of the molecule is COC(=O)CNC(=O)OC(C)(C)C.Cc1cc(Cc2c(C(F)(F)F)c3cc(CN(C)C)ccc3n(C)c2=O)ccn1. The summed E-state index contributed by atoms with van der Waals surface area (Å²) in [4.78, 5) is 40.3. The maximum atomic E-state index is 14.1. The summed E-state index contributed by atoms with van der Waals surface area (Å²) in [6, 6.07) is 8.23. The maximum Gasteiger partial charge on any atom is 0.417 e. The minimum atomic E-state index is -4.64. The Hall–Kier alpha value is -3.93. The van der Waals surface area contributed by atoms with Crippen molar-refractivity contribution >= 4 is 23.0 Å². The monoisotopic (exact) mass is 578 g/mol. The smallest absolute Gasteiger partial charge is 0.417 e. The molecule has 0 fully saturated rings. The van der Waals surface area contributed by atoms with Crippen LogP contribution >= 0.6 is 0 Å². The summed E-state index contributed by atoms with van der Waals surface area (Å²) in [5.41, 5.74) is 0.0725. The summed E-state index contributed by atoms with van der Waals surface area (Å²) in [5.74, 6) is -0.508. The number of carbonyl (C=O) groups excluding carboxylic acids is 2. The number of ether oxygens (including phenoxy) is 2. The number of amides is 1. The van der Waals surface area contributed by atoms with Crippen LogP contribution in [-0.2, 0) is 40.5 Å². The number of benzene rings is 1. The second-order valence-corrected chi connectivity index (χ2v) is 10.7. The van der Waals surface area contributed by atoms with Crippen LogP contribution in [0.15, 0.2) is 41.3 Å². The molecular weight excluding hydrogens is 541 g/mol. The van der Waals surface area contributed by atoms with Crippen molar-refractivity contribution in [1.82, 2.24) is 19.8 Å². The fourth-order valence-electron chi connectivity index (χ4n) is 4.06. The van der Waals surface area contributed by atoms with E-state index in [1.807, 2.05) is 19.0 Å². The molecule has 41 heavy (non-hydrogen) atoms. The van der Waals surface area contributed by atoms with Gasteiger partial charge in [0, 0.05) is 42.9 Å². The quantitative estimate of drug-likeness (QED) is 0.427. The molecule has 0 saturated carbocycles. The first-order valence-electron chi connectivity index (χ1n) is 12.7. The molecule has 0 unspecified atom stereocenters. The molecule has 1 N–H and O–H groups in total. The van der Waals surface area contributed by atoms with E-state index in [2.05, 4.69) is 15.0 Å². The third kappa shape index (κ3) is 9.89. The molecule has 0 aliphatic heterocycles. The summed E-state index contributed by atoms with van der Waals surface area (Å²) in [5, 5.41) is 2.30. The number of halogens is 3. The van der Waals surface area contributed by atoms with Gasteiger partial charge < -0.3 is 24.3 Å². The van der Waals surface area contributed by atoms with Gasteiger partial charge in [0.2, 0.25) is 0 Å². The number of fused-ring (bicyclic) bond motifs is 1. The number of methoxy groups -OCH3 is 1. The van der Waals surface area contributed by atoms with Crippen molar-refractivity contribution in [2.24, 2.45) is 7.05 Å². The zero-order chi connectivity index (χ0) is 31.1. The second-order valence-electron chi connectivity index (χ2n) is 10.7. The van der Waals surface area contributed by atoms with Crippen LogP contribution in [0.2, 0.25) is 0 Å². The lowest BCUT2D eigenvalue weighted by atomic mass is 9.96. The number of aryl methyl sites for hydroxylation is 2. The van der Waals surface area contributed by atoms with Crippen LogP contribution in [0.1, 0.15) is 48.7 Å². The Bertz CT molecular complexity index is 1440. The van der Waals surface area contributed by atoms with Gasteiger partial charge in [-0.05, 0) is 77.2 Å². The average Bonchev–Trinajstić information content (AvgIpc) is 2.84. The van der Waals surface area contributed by atoms with Crippen LogP contribution in [0.5, 0.6) is 0 Å². The van der Waals surface area contributed by atoms with E-state index in [1.165, 1.54) is 18.7 Å². The van der Waals surface area contributed by atoms with Crippen molar-refractivity contribution in [1.29, 1.82) is 0 Å². The number of hydrogen-bond acceptors (Lipinski definition) is 7. The van der Waals surface area contributed by atoms with Gasteiger partial charge in [-0.25, -0.2) is 4.79 Å². The number of nitrogens with zero attached hydrogens (tertiary/aromatic N) is 3. The number of alkyl carbamates (subject to hydrolysis) is 1. The van der Waals surface area contributed by atoms with E-state index in [1.54, 1.807) is 64.2 Å². The van der Waals surface area contributed by atoms with Gasteiger partial charge in [0.05, 0.1) is 18.2 Å². The van der Waals surface area contributed by atoms with Gasteiger partial charge in [-0.3, -0.25) is 14.6 Å². The third-order valence-electron chi connectivity index (χ3n) is 5.68. The molecule has 0 radical (unpaired) electrons. The van der Waals surface area contributed by atoms with Crippen molar-refractivity contribution in [2.75, 3.05) is 27.7 Å². The lowest BCUT2D eigenvalue weighted by Crippen LogP contribution is -2.35. The number of nitrogens with one attached hydrogen (secondary N) is 1. The van der Waals surface area contributed by atoms with Crippen molar-refractivity contribution in [3.8, 4) is 0 Å². The number of aromatic nitrogens is 2. The highest BCUT2D eigenvalue weighted by Gasteiger charge is 2.37. The van der Waals surface area contributed by atoms with Gasteiger partial charge in [-0.2, -0.15) is 13.2 Å². The first kappa shape index (κ1) is 33.3. The Morgan fingerprint density at radius 1 is 1.07 bits per heavy atom. The van der Waals surface area contributed by atoms with Gasteiger partial charge in [0.1, 0.15) is 12.1 Å².